The maximum absolute atomic E-state index is 8.88. The quantitative estimate of drug-likeness (QED) is 0.819. The van der Waals surface area contributed by atoms with Gasteiger partial charge >= 0.3 is 0 Å². The lowest BCUT2D eigenvalue weighted by atomic mass is 9.72. The first-order valence-corrected chi connectivity index (χ1v) is 6.60. The van der Waals surface area contributed by atoms with Gasteiger partial charge in [-0.05, 0) is 42.0 Å². The molecule has 0 amide bonds. The van der Waals surface area contributed by atoms with Gasteiger partial charge in [-0.25, -0.2) is 0 Å². The number of nitriles is 1. The lowest BCUT2D eigenvalue weighted by Gasteiger charge is -2.43. The first-order valence-electron chi connectivity index (χ1n) is 6.60. The minimum atomic E-state index is 0.237. The number of hydrogen-bond acceptors (Lipinski definition) is 3. The van der Waals surface area contributed by atoms with E-state index in [0.717, 1.165) is 26.1 Å². The number of hydrogen-bond donors (Lipinski definition) is 0. The highest BCUT2D eigenvalue weighted by atomic mass is 15.1. The first kappa shape index (κ1) is 13.0. The van der Waals surface area contributed by atoms with E-state index >= 15 is 0 Å². The molecule has 1 aromatic rings. The third kappa shape index (κ3) is 3.08. The van der Waals surface area contributed by atoms with E-state index in [2.05, 4.69) is 41.9 Å². The molecule has 1 aliphatic rings. The first-order chi connectivity index (χ1) is 8.62. The molecule has 0 N–H and O–H groups in total. The second-order valence-electron chi connectivity index (χ2n) is 5.90. The summed E-state index contributed by atoms with van der Waals surface area (Å²) >= 11 is 0. The monoisotopic (exact) mass is 243 g/mol. The van der Waals surface area contributed by atoms with E-state index in [-0.39, 0.29) is 5.41 Å². The lowest BCUT2D eigenvalue weighted by molar-refractivity contribution is 0.0527. The highest BCUT2D eigenvalue weighted by Crippen LogP contribution is 2.37. The van der Waals surface area contributed by atoms with Crippen molar-refractivity contribution in [1.82, 2.24) is 9.88 Å². The standard InChI is InChI=1S/C15H21N3/c1-15(2)12-18(10-6-14(15)3-7-16)11-13-4-8-17-9-5-13/h4-5,8-9,14H,3,6,10-12H2,1-2H3. The Bertz CT molecular complexity index is 419. The number of nitrogens with zero attached hydrogens (tertiary/aromatic N) is 3. The molecule has 2 heterocycles. The van der Waals surface area contributed by atoms with E-state index in [9.17, 15) is 0 Å². The van der Waals surface area contributed by atoms with Crippen LogP contribution >= 0.6 is 0 Å². The lowest BCUT2D eigenvalue weighted by Crippen LogP contribution is -2.45. The van der Waals surface area contributed by atoms with Crippen molar-refractivity contribution >= 4 is 0 Å². The Balaban J connectivity index is 1.97. The molecule has 96 valence electrons. The third-order valence-electron chi connectivity index (χ3n) is 4.02. The molecule has 1 atom stereocenters. The van der Waals surface area contributed by atoms with Crippen LogP contribution in [0.2, 0.25) is 0 Å². The SMILES string of the molecule is CC1(C)CN(Cc2ccncc2)CCC1CC#N. The van der Waals surface area contributed by atoms with Crippen molar-refractivity contribution in [2.45, 2.75) is 33.2 Å². The molecule has 1 unspecified atom stereocenters. The predicted molar refractivity (Wildman–Crippen MR) is 71.6 cm³/mol. The zero-order chi connectivity index (χ0) is 13.0. The fourth-order valence-electron chi connectivity index (χ4n) is 2.88. The predicted octanol–water partition coefficient (Wildman–Crippen LogP) is 2.84. The third-order valence-corrected chi connectivity index (χ3v) is 4.02. The minimum absolute atomic E-state index is 0.237. The number of pyridine rings is 1. The summed E-state index contributed by atoms with van der Waals surface area (Å²) in [5.41, 5.74) is 1.56. The Morgan fingerprint density at radius 1 is 1.44 bits per heavy atom. The van der Waals surface area contributed by atoms with Gasteiger partial charge < -0.3 is 0 Å². The van der Waals surface area contributed by atoms with Crippen LogP contribution in [0.25, 0.3) is 0 Å². The van der Waals surface area contributed by atoms with Crippen LogP contribution in [0.15, 0.2) is 24.5 Å². The Kier molecular flexibility index (Phi) is 3.98. The largest absolute Gasteiger partial charge is 0.299 e. The number of likely N-dealkylation sites (tertiary alicyclic amines) is 1. The van der Waals surface area contributed by atoms with Crippen molar-refractivity contribution in [2.75, 3.05) is 13.1 Å². The number of rotatable bonds is 3. The van der Waals surface area contributed by atoms with Gasteiger partial charge in [-0.3, -0.25) is 9.88 Å². The van der Waals surface area contributed by atoms with Crippen molar-refractivity contribution in [3.05, 3.63) is 30.1 Å². The van der Waals surface area contributed by atoms with Crippen molar-refractivity contribution in [3.63, 3.8) is 0 Å². The van der Waals surface area contributed by atoms with Crippen molar-refractivity contribution in [1.29, 1.82) is 5.26 Å². The molecule has 0 radical (unpaired) electrons. The smallest absolute Gasteiger partial charge is 0.0624 e. The molecule has 3 nitrogen and oxygen atoms in total. The zero-order valence-corrected chi connectivity index (χ0v) is 11.3. The van der Waals surface area contributed by atoms with Crippen LogP contribution in [-0.2, 0) is 6.54 Å². The molecule has 1 saturated heterocycles. The van der Waals surface area contributed by atoms with E-state index in [1.54, 1.807) is 0 Å². The molecule has 0 aliphatic carbocycles. The normalized spacial score (nSPS) is 23.5. The summed E-state index contributed by atoms with van der Waals surface area (Å²) in [5.74, 6) is 0.538. The van der Waals surface area contributed by atoms with Crippen LogP contribution in [0.1, 0.15) is 32.3 Å². The average molecular weight is 243 g/mol. The van der Waals surface area contributed by atoms with Crippen LogP contribution in [0.5, 0.6) is 0 Å². The van der Waals surface area contributed by atoms with Crippen LogP contribution in [-0.4, -0.2) is 23.0 Å². The fraction of sp³-hybridized carbons (Fsp3) is 0.600. The molecule has 18 heavy (non-hydrogen) atoms. The van der Waals surface area contributed by atoms with E-state index in [1.807, 2.05) is 12.4 Å². The van der Waals surface area contributed by atoms with E-state index in [4.69, 9.17) is 5.26 Å². The summed E-state index contributed by atoms with van der Waals surface area (Å²) in [6.45, 7) is 7.73. The second-order valence-corrected chi connectivity index (χ2v) is 5.90. The van der Waals surface area contributed by atoms with Crippen LogP contribution < -0.4 is 0 Å². The van der Waals surface area contributed by atoms with Crippen LogP contribution in [0, 0.1) is 22.7 Å². The van der Waals surface area contributed by atoms with E-state index in [1.165, 1.54) is 5.56 Å². The van der Waals surface area contributed by atoms with Gasteiger partial charge in [0, 0.05) is 31.9 Å². The van der Waals surface area contributed by atoms with Gasteiger partial charge in [-0.15, -0.1) is 0 Å². The van der Waals surface area contributed by atoms with Crippen LogP contribution in [0.4, 0.5) is 0 Å². The molecule has 0 spiro atoms. The van der Waals surface area contributed by atoms with Gasteiger partial charge in [0.25, 0.3) is 0 Å². The summed E-state index contributed by atoms with van der Waals surface area (Å²) in [7, 11) is 0. The fourth-order valence-corrected chi connectivity index (χ4v) is 2.88. The van der Waals surface area contributed by atoms with Gasteiger partial charge in [-0.1, -0.05) is 13.8 Å². The summed E-state index contributed by atoms with van der Waals surface area (Å²) < 4.78 is 0. The number of piperidine rings is 1. The van der Waals surface area contributed by atoms with E-state index in [0.29, 0.717) is 12.3 Å². The molecular weight excluding hydrogens is 222 g/mol. The van der Waals surface area contributed by atoms with Crippen molar-refractivity contribution in [2.24, 2.45) is 11.3 Å². The van der Waals surface area contributed by atoms with E-state index < -0.39 is 0 Å². The Hall–Kier alpha value is -1.40. The molecular formula is C15H21N3. The van der Waals surface area contributed by atoms with Gasteiger partial charge in [0.05, 0.1) is 6.07 Å². The Labute approximate surface area is 109 Å². The molecule has 3 heteroatoms. The van der Waals surface area contributed by atoms with Crippen molar-refractivity contribution < 1.29 is 0 Å². The zero-order valence-electron chi connectivity index (χ0n) is 11.3. The molecule has 1 aliphatic heterocycles. The summed E-state index contributed by atoms with van der Waals surface area (Å²) in [5, 5.41) is 8.88. The summed E-state index contributed by atoms with van der Waals surface area (Å²) in [4.78, 5) is 6.54. The van der Waals surface area contributed by atoms with Gasteiger partial charge in [0.15, 0.2) is 0 Å². The number of aromatic nitrogens is 1. The van der Waals surface area contributed by atoms with Gasteiger partial charge in [-0.2, -0.15) is 5.26 Å². The highest BCUT2D eigenvalue weighted by molar-refractivity contribution is 5.09. The maximum atomic E-state index is 8.88. The summed E-state index contributed by atoms with van der Waals surface area (Å²) in [6, 6.07) is 6.49. The maximum Gasteiger partial charge on any atom is 0.0624 e. The molecule has 0 saturated carbocycles. The Morgan fingerprint density at radius 3 is 2.78 bits per heavy atom. The molecule has 0 aromatic carbocycles. The molecule has 1 fully saturated rings. The molecule has 2 rings (SSSR count). The highest BCUT2D eigenvalue weighted by Gasteiger charge is 2.35. The van der Waals surface area contributed by atoms with Crippen molar-refractivity contribution in [3.8, 4) is 6.07 Å². The topological polar surface area (TPSA) is 39.9 Å². The van der Waals surface area contributed by atoms with Gasteiger partial charge in [0.2, 0.25) is 0 Å². The Morgan fingerprint density at radius 2 is 2.17 bits per heavy atom. The molecule has 0 bridgehead atoms. The van der Waals surface area contributed by atoms with Gasteiger partial charge in [0.1, 0.15) is 0 Å². The second kappa shape index (κ2) is 5.49. The average Bonchev–Trinajstić information content (AvgIpc) is 2.33. The van der Waals surface area contributed by atoms with Crippen LogP contribution in [0.3, 0.4) is 0 Å². The summed E-state index contributed by atoms with van der Waals surface area (Å²) in [6.07, 6.45) is 5.52. The minimum Gasteiger partial charge on any atom is -0.299 e. The molecule has 1 aromatic heterocycles.